The van der Waals surface area contributed by atoms with Crippen LogP contribution in [0.5, 0.6) is 0 Å². The summed E-state index contributed by atoms with van der Waals surface area (Å²) in [6.07, 6.45) is 4.37. The lowest BCUT2D eigenvalue weighted by molar-refractivity contribution is 0.481. The molecule has 0 amide bonds. The molecule has 112 valence electrons. The molecule has 0 spiro atoms. The van der Waals surface area contributed by atoms with E-state index in [0.717, 1.165) is 19.3 Å². The lowest BCUT2D eigenvalue weighted by Crippen LogP contribution is -2.40. The molecule has 0 aliphatic heterocycles. The zero-order valence-corrected chi connectivity index (χ0v) is 13.0. The fraction of sp³-hybridized carbons (Fsp3) is 0.600. The maximum atomic E-state index is 12.3. The van der Waals surface area contributed by atoms with Gasteiger partial charge in [0.05, 0.1) is 4.90 Å². The summed E-state index contributed by atoms with van der Waals surface area (Å²) >= 11 is 0. The molecule has 3 N–H and O–H groups in total. The maximum Gasteiger partial charge on any atom is 0.240 e. The summed E-state index contributed by atoms with van der Waals surface area (Å²) in [6, 6.07) is 5.30. The maximum absolute atomic E-state index is 12.3. The van der Waals surface area contributed by atoms with Gasteiger partial charge in [0.1, 0.15) is 0 Å². The Labute approximate surface area is 121 Å². The largest absolute Gasteiger partial charge is 0.326 e. The highest BCUT2D eigenvalue weighted by molar-refractivity contribution is 7.89. The second-order valence-electron chi connectivity index (χ2n) is 5.90. The third-order valence-electron chi connectivity index (χ3n) is 4.00. The lowest BCUT2D eigenvalue weighted by Gasteiger charge is -2.18. The molecule has 4 nitrogen and oxygen atoms in total. The van der Waals surface area contributed by atoms with Crippen LogP contribution in [-0.4, -0.2) is 21.0 Å². The number of rotatable bonds is 5. The van der Waals surface area contributed by atoms with Crippen molar-refractivity contribution in [3.05, 3.63) is 29.3 Å². The molecule has 0 aromatic heterocycles. The van der Waals surface area contributed by atoms with E-state index in [1.807, 2.05) is 26.0 Å². The SMILES string of the molecule is CC(C)C(N)CNS(=O)(=O)c1ccc2c(c1)CCCC2. The fourth-order valence-electron chi connectivity index (χ4n) is 2.40. The van der Waals surface area contributed by atoms with Gasteiger partial charge in [-0.05, 0) is 54.9 Å². The molecule has 0 heterocycles. The van der Waals surface area contributed by atoms with Crippen molar-refractivity contribution in [3.63, 3.8) is 0 Å². The molecule has 0 saturated carbocycles. The summed E-state index contributed by atoms with van der Waals surface area (Å²) in [5, 5.41) is 0. The number of nitrogens with two attached hydrogens (primary N) is 1. The molecule has 1 aromatic rings. The van der Waals surface area contributed by atoms with E-state index in [4.69, 9.17) is 5.73 Å². The first-order valence-electron chi connectivity index (χ1n) is 7.27. The van der Waals surface area contributed by atoms with Crippen molar-refractivity contribution in [2.45, 2.75) is 50.5 Å². The Bertz CT molecular complexity index is 567. The van der Waals surface area contributed by atoms with E-state index >= 15 is 0 Å². The summed E-state index contributed by atoms with van der Waals surface area (Å²) in [6.45, 7) is 4.24. The highest BCUT2D eigenvalue weighted by Crippen LogP contribution is 2.24. The van der Waals surface area contributed by atoms with Gasteiger partial charge in [0.25, 0.3) is 0 Å². The average molecular weight is 296 g/mol. The number of hydrogen-bond donors (Lipinski definition) is 2. The van der Waals surface area contributed by atoms with Crippen LogP contribution in [0.3, 0.4) is 0 Å². The van der Waals surface area contributed by atoms with Crippen LogP contribution in [0, 0.1) is 5.92 Å². The van der Waals surface area contributed by atoms with Gasteiger partial charge in [-0.3, -0.25) is 0 Å². The van der Waals surface area contributed by atoms with Gasteiger partial charge in [0.2, 0.25) is 10.0 Å². The number of hydrogen-bond acceptors (Lipinski definition) is 3. The van der Waals surface area contributed by atoms with E-state index in [9.17, 15) is 8.42 Å². The first kappa shape index (κ1) is 15.5. The van der Waals surface area contributed by atoms with Crippen molar-refractivity contribution < 1.29 is 8.42 Å². The molecule has 1 unspecified atom stereocenters. The normalized spacial score (nSPS) is 17.0. The van der Waals surface area contributed by atoms with E-state index < -0.39 is 10.0 Å². The first-order valence-corrected chi connectivity index (χ1v) is 8.75. The number of benzene rings is 1. The summed E-state index contributed by atoms with van der Waals surface area (Å²) in [7, 11) is -3.45. The van der Waals surface area contributed by atoms with E-state index in [-0.39, 0.29) is 18.5 Å². The summed E-state index contributed by atoms with van der Waals surface area (Å²) in [5.41, 5.74) is 8.35. The van der Waals surface area contributed by atoms with Gasteiger partial charge >= 0.3 is 0 Å². The van der Waals surface area contributed by atoms with Crippen molar-refractivity contribution in [3.8, 4) is 0 Å². The minimum Gasteiger partial charge on any atom is -0.326 e. The van der Waals surface area contributed by atoms with Gasteiger partial charge in [-0.15, -0.1) is 0 Å². The van der Waals surface area contributed by atoms with Gasteiger partial charge in [-0.2, -0.15) is 0 Å². The molecule has 1 aliphatic carbocycles. The Kier molecular flexibility index (Phi) is 4.83. The molecule has 20 heavy (non-hydrogen) atoms. The van der Waals surface area contributed by atoms with Gasteiger partial charge in [-0.25, -0.2) is 13.1 Å². The van der Waals surface area contributed by atoms with Gasteiger partial charge in [0.15, 0.2) is 0 Å². The van der Waals surface area contributed by atoms with Crippen LogP contribution < -0.4 is 10.5 Å². The Hall–Kier alpha value is -0.910. The Morgan fingerprint density at radius 2 is 1.85 bits per heavy atom. The zero-order chi connectivity index (χ0) is 14.8. The van der Waals surface area contributed by atoms with Gasteiger partial charge in [0, 0.05) is 12.6 Å². The standard InChI is InChI=1S/C15H24N2O2S/c1-11(2)15(16)10-17-20(18,19)14-8-7-12-5-3-4-6-13(12)9-14/h7-9,11,15,17H,3-6,10,16H2,1-2H3. The zero-order valence-electron chi connectivity index (χ0n) is 12.2. The third kappa shape index (κ3) is 3.59. The number of nitrogens with one attached hydrogen (secondary N) is 1. The topological polar surface area (TPSA) is 72.2 Å². The van der Waals surface area contributed by atoms with Crippen molar-refractivity contribution in [1.82, 2.24) is 4.72 Å². The average Bonchev–Trinajstić information content (AvgIpc) is 2.44. The Balaban J connectivity index is 2.13. The van der Waals surface area contributed by atoms with Crippen LogP contribution >= 0.6 is 0 Å². The molecule has 1 aromatic carbocycles. The van der Waals surface area contributed by atoms with Crippen molar-refractivity contribution >= 4 is 10.0 Å². The van der Waals surface area contributed by atoms with Crippen LogP contribution in [0.25, 0.3) is 0 Å². The van der Waals surface area contributed by atoms with Gasteiger partial charge < -0.3 is 5.73 Å². The van der Waals surface area contributed by atoms with Gasteiger partial charge in [-0.1, -0.05) is 19.9 Å². The number of sulfonamides is 1. The number of aryl methyl sites for hydroxylation is 2. The van der Waals surface area contributed by atoms with E-state index in [1.165, 1.54) is 17.5 Å². The van der Waals surface area contributed by atoms with Crippen LogP contribution in [-0.2, 0) is 22.9 Å². The highest BCUT2D eigenvalue weighted by atomic mass is 32.2. The molecule has 0 saturated heterocycles. The molecule has 1 atom stereocenters. The van der Waals surface area contributed by atoms with Crippen LogP contribution in [0.15, 0.2) is 23.1 Å². The fourth-order valence-corrected chi connectivity index (χ4v) is 3.53. The van der Waals surface area contributed by atoms with E-state index in [2.05, 4.69) is 4.72 Å². The minimum atomic E-state index is -3.45. The first-order chi connectivity index (χ1) is 9.40. The van der Waals surface area contributed by atoms with Crippen molar-refractivity contribution in [2.24, 2.45) is 11.7 Å². The molecular weight excluding hydrogens is 272 g/mol. The molecule has 0 fully saturated rings. The van der Waals surface area contributed by atoms with E-state index in [0.29, 0.717) is 4.90 Å². The molecule has 5 heteroatoms. The Morgan fingerprint density at radius 3 is 2.50 bits per heavy atom. The van der Waals surface area contributed by atoms with E-state index in [1.54, 1.807) is 6.07 Å². The third-order valence-corrected chi connectivity index (χ3v) is 5.42. The van der Waals surface area contributed by atoms with Crippen LogP contribution in [0.4, 0.5) is 0 Å². The number of fused-ring (bicyclic) bond motifs is 1. The van der Waals surface area contributed by atoms with Crippen molar-refractivity contribution in [2.75, 3.05) is 6.54 Å². The quantitative estimate of drug-likeness (QED) is 0.870. The van der Waals surface area contributed by atoms with Crippen LogP contribution in [0.2, 0.25) is 0 Å². The predicted molar refractivity (Wildman–Crippen MR) is 81.1 cm³/mol. The minimum absolute atomic E-state index is 0.164. The second-order valence-corrected chi connectivity index (χ2v) is 7.66. The van der Waals surface area contributed by atoms with Crippen LogP contribution in [0.1, 0.15) is 37.8 Å². The monoisotopic (exact) mass is 296 g/mol. The summed E-state index contributed by atoms with van der Waals surface area (Å²) in [5.74, 6) is 0.251. The summed E-state index contributed by atoms with van der Waals surface area (Å²) in [4.78, 5) is 0.356. The smallest absolute Gasteiger partial charge is 0.240 e. The predicted octanol–water partition coefficient (Wildman–Crippen LogP) is 1.83. The Morgan fingerprint density at radius 1 is 1.20 bits per heavy atom. The second kappa shape index (κ2) is 6.24. The molecule has 2 rings (SSSR count). The summed E-state index contributed by atoms with van der Waals surface area (Å²) < 4.78 is 27.2. The van der Waals surface area contributed by atoms with Crippen molar-refractivity contribution in [1.29, 1.82) is 0 Å². The molecule has 0 radical (unpaired) electrons. The molecule has 0 bridgehead atoms. The highest BCUT2D eigenvalue weighted by Gasteiger charge is 2.19. The lowest BCUT2D eigenvalue weighted by atomic mass is 9.92. The molecular formula is C15H24N2O2S. The molecule has 1 aliphatic rings.